The average molecular weight is 413 g/mol. The lowest BCUT2D eigenvalue weighted by Crippen LogP contribution is -2.58. The molecule has 0 radical (unpaired) electrons. The lowest BCUT2D eigenvalue weighted by atomic mass is 9.48. The Labute approximate surface area is 167 Å². The summed E-state index contributed by atoms with van der Waals surface area (Å²) in [5.41, 5.74) is -0.780. The van der Waals surface area contributed by atoms with E-state index in [9.17, 15) is 14.7 Å². The molecule has 4 aliphatic rings. The summed E-state index contributed by atoms with van der Waals surface area (Å²) >= 11 is 12.1. The third kappa shape index (κ3) is 3.43. The molecule has 4 fully saturated rings. The van der Waals surface area contributed by atoms with Crippen LogP contribution in [-0.2, 0) is 14.3 Å². The first kappa shape index (κ1) is 19.0. The van der Waals surface area contributed by atoms with Crippen molar-refractivity contribution in [1.82, 2.24) is 4.98 Å². The van der Waals surface area contributed by atoms with Crippen molar-refractivity contribution in [3.63, 3.8) is 0 Å². The highest BCUT2D eigenvalue weighted by molar-refractivity contribution is 6.37. The summed E-state index contributed by atoms with van der Waals surface area (Å²) in [7, 11) is 0. The number of hydrogen-bond donors (Lipinski definition) is 2. The van der Waals surface area contributed by atoms with Crippen LogP contribution in [0.2, 0.25) is 10.0 Å². The summed E-state index contributed by atoms with van der Waals surface area (Å²) in [5.74, 6) is 0.0403. The molecular weight excluding hydrogens is 391 g/mol. The zero-order valence-electron chi connectivity index (χ0n) is 15.1. The van der Waals surface area contributed by atoms with E-state index in [2.05, 4.69) is 10.3 Å². The number of carbonyl (C=O) groups excluding carboxylic acids is 2. The zero-order chi connectivity index (χ0) is 19.4. The van der Waals surface area contributed by atoms with Crippen molar-refractivity contribution in [3.05, 3.63) is 21.8 Å². The number of aliphatic hydroxyl groups is 1. The van der Waals surface area contributed by atoms with Crippen LogP contribution in [0.3, 0.4) is 0 Å². The number of hydrogen-bond acceptors (Lipinski definition) is 5. The molecule has 2 unspecified atom stereocenters. The normalized spacial score (nSPS) is 33.8. The molecule has 1 amide bonds. The highest BCUT2D eigenvalue weighted by Gasteiger charge is 2.60. The van der Waals surface area contributed by atoms with Crippen LogP contribution in [0.15, 0.2) is 6.20 Å². The summed E-state index contributed by atoms with van der Waals surface area (Å²) in [6.45, 7) is 1.31. The first-order chi connectivity index (χ1) is 12.7. The van der Waals surface area contributed by atoms with Gasteiger partial charge in [-0.3, -0.25) is 9.59 Å². The maximum Gasteiger partial charge on any atom is 0.312 e. The average Bonchev–Trinajstić information content (AvgIpc) is 2.58. The van der Waals surface area contributed by atoms with Gasteiger partial charge < -0.3 is 15.2 Å². The van der Waals surface area contributed by atoms with Gasteiger partial charge in [-0.15, -0.1) is 0 Å². The molecule has 2 N–H and O–H groups in total. The molecule has 1 aromatic rings. The van der Waals surface area contributed by atoms with Crippen LogP contribution in [-0.4, -0.2) is 34.2 Å². The predicted octanol–water partition coefficient (Wildman–Crippen LogP) is 3.51. The van der Waals surface area contributed by atoms with Gasteiger partial charge in [0.15, 0.2) is 12.4 Å². The molecule has 1 heterocycles. The second-order valence-electron chi connectivity index (χ2n) is 8.48. The van der Waals surface area contributed by atoms with Crippen LogP contribution >= 0.6 is 23.2 Å². The van der Waals surface area contributed by atoms with Gasteiger partial charge in [0.1, 0.15) is 0 Å². The number of halogens is 2. The third-order valence-electron chi connectivity index (χ3n) is 6.26. The molecule has 0 aliphatic heterocycles. The van der Waals surface area contributed by atoms with E-state index in [-0.39, 0.29) is 16.8 Å². The van der Waals surface area contributed by atoms with Crippen LogP contribution in [0, 0.1) is 24.2 Å². The van der Waals surface area contributed by atoms with Gasteiger partial charge in [0.05, 0.1) is 21.1 Å². The number of rotatable bonds is 4. The lowest BCUT2D eigenvalue weighted by molar-refractivity contribution is -0.196. The van der Waals surface area contributed by atoms with Gasteiger partial charge in [-0.05, 0) is 62.8 Å². The minimum Gasteiger partial charge on any atom is -0.455 e. The number of anilines is 1. The van der Waals surface area contributed by atoms with Gasteiger partial charge in [-0.25, -0.2) is 4.98 Å². The van der Waals surface area contributed by atoms with Crippen molar-refractivity contribution in [2.75, 3.05) is 11.9 Å². The van der Waals surface area contributed by atoms with Crippen LogP contribution < -0.4 is 5.32 Å². The van der Waals surface area contributed by atoms with E-state index in [1.165, 1.54) is 6.20 Å². The molecule has 0 spiro atoms. The number of amides is 1. The quantitative estimate of drug-likeness (QED) is 0.738. The highest BCUT2D eigenvalue weighted by atomic mass is 35.5. The Kier molecular flexibility index (Phi) is 4.64. The zero-order valence-corrected chi connectivity index (χ0v) is 16.6. The molecule has 1 aromatic heterocycles. The maximum absolute atomic E-state index is 12.8. The first-order valence-electron chi connectivity index (χ1n) is 9.20. The minimum atomic E-state index is -0.746. The topological polar surface area (TPSA) is 88.5 Å². The minimum absolute atomic E-state index is 0.184. The smallest absolute Gasteiger partial charge is 0.312 e. The number of aromatic nitrogens is 1. The van der Waals surface area contributed by atoms with E-state index in [0.29, 0.717) is 28.8 Å². The lowest BCUT2D eigenvalue weighted by Gasteiger charge is -2.58. The second kappa shape index (κ2) is 6.61. The molecule has 0 aromatic carbocycles. The molecule has 5 rings (SSSR count). The van der Waals surface area contributed by atoms with Crippen LogP contribution in [0.4, 0.5) is 5.82 Å². The Morgan fingerprint density at radius 1 is 1.30 bits per heavy atom. The van der Waals surface area contributed by atoms with Gasteiger partial charge in [-0.1, -0.05) is 23.2 Å². The van der Waals surface area contributed by atoms with E-state index in [1.807, 2.05) is 0 Å². The Bertz CT molecular complexity index is 799. The molecule has 4 aliphatic carbocycles. The molecule has 0 saturated heterocycles. The van der Waals surface area contributed by atoms with Gasteiger partial charge in [-0.2, -0.15) is 0 Å². The summed E-state index contributed by atoms with van der Waals surface area (Å²) in [4.78, 5) is 29.0. The Balaban J connectivity index is 1.38. The third-order valence-corrected chi connectivity index (χ3v) is 7.10. The standard InChI is InChI=1S/C19H22Cl2N2O4/c1-10-13(20)7-22-16(15(10)21)23-14(24)8-27-17(25)18-3-11-2-12(4-18)6-19(26,5-11)9-18/h7,11-12,26H,2-6,8-9H2,1H3,(H,22,23,24). The molecule has 4 bridgehead atoms. The van der Waals surface area contributed by atoms with Crippen molar-refractivity contribution in [2.24, 2.45) is 17.3 Å². The van der Waals surface area contributed by atoms with Crippen LogP contribution in [0.25, 0.3) is 0 Å². The van der Waals surface area contributed by atoms with E-state index in [1.54, 1.807) is 6.92 Å². The summed E-state index contributed by atoms with van der Waals surface area (Å²) < 4.78 is 5.34. The maximum atomic E-state index is 12.8. The summed E-state index contributed by atoms with van der Waals surface area (Å²) in [5, 5.41) is 14.0. The number of nitrogens with one attached hydrogen (secondary N) is 1. The number of pyridine rings is 1. The van der Waals surface area contributed by atoms with Gasteiger partial charge in [0.2, 0.25) is 0 Å². The van der Waals surface area contributed by atoms with Crippen molar-refractivity contribution < 1.29 is 19.4 Å². The molecule has 6 nitrogen and oxygen atoms in total. The van der Waals surface area contributed by atoms with Gasteiger partial charge in [0, 0.05) is 6.20 Å². The molecule has 2 atom stereocenters. The van der Waals surface area contributed by atoms with E-state index >= 15 is 0 Å². The summed E-state index contributed by atoms with van der Waals surface area (Å²) in [6.07, 6.45) is 5.97. The molecule has 27 heavy (non-hydrogen) atoms. The van der Waals surface area contributed by atoms with Crippen molar-refractivity contribution >= 4 is 40.9 Å². The second-order valence-corrected chi connectivity index (χ2v) is 9.27. The number of nitrogens with zero attached hydrogens (tertiary/aromatic N) is 1. The Morgan fingerprint density at radius 3 is 2.59 bits per heavy atom. The summed E-state index contributed by atoms with van der Waals surface area (Å²) in [6, 6.07) is 0. The fourth-order valence-corrected chi connectivity index (χ4v) is 5.94. The fraction of sp³-hybridized carbons (Fsp3) is 0.632. The van der Waals surface area contributed by atoms with E-state index < -0.39 is 23.5 Å². The SMILES string of the molecule is Cc1c(Cl)cnc(NC(=O)COC(=O)C23CC4CC(CC(O)(C4)C2)C3)c1Cl. The largest absolute Gasteiger partial charge is 0.455 e. The molecule has 4 saturated carbocycles. The van der Waals surface area contributed by atoms with Crippen molar-refractivity contribution in [3.8, 4) is 0 Å². The molecule has 146 valence electrons. The van der Waals surface area contributed by atoms with Crippen LogP contribution in [0.1, 0.15) is 44.1 Å². The first-order valence-corrected chi connectivity index (χ1v) is 9.95. The number of carbonyl (C=O) groups is 2. The predicted molar refractivity (Wildman–Crippen MR) is 101 cm³/mol. The van der Waals surface area contributed by atoms with Crippen molar-refractivity contribution in [1.29, 1.82) is 0 Å². The Morgan fingerprint density at radius 2 is 1.96 bits per heavy atom. The Hall–Kier alpha value is -1.37. The fourth-order valence-electron chi connectivity index (χ4n) is 5.55. The van der Waals surface area contributed by atoms with E-state index in [0.717, 1.165) is 32.1 Å². The number of ether oxygens (including phenoxy) is 1. The van der Waals surface area contributed by atoms with Crippen LogP contribution in [0.5, 0.6) is 0 Å². The monoisotopic (exact) mass is 412 g/mol. The number of esters is 1. The highest BCUT2D eigenvalue weighted by Crippen LogP contribution is 2.61. The van der Waals surface area contributed by atoms with Gasteiger partial charge in [0.25, 0.3) is 5.91 Å². The molecule has 8 heteroatoms. The van der Waals surface area contributed by atoms with Crippen molar-refractivity contribution in [2.45, 2.75) is 51.0 Å². The molecular formula is C19H22Cl2N2O4. The van der Waals surface area contributed by atoms with Gasteiger partial charge >= 0.3 is 5.97 Å². The van der Waals surface area contributed by atoms with E-state index in [4.69, 9.17) is 27.9 Å².